The van der Waals surface area contributed by atoms with Crippen LogP contribution in [-0.2, 0) is 9.30 Å². The third-order valence-electron chi connectivity index (χ3n) is 1.97. The fourth-order valence-electron chi connectivity index (χ4n) is 1.18. The summed E-state index contributed by atoms with van der Waals surface area (Å²) < 4.78 is 15.5. The van der Waals surface area contributed by atoms with Crippen LogP contribution in [0.25, 0.3) is 0 Å². The second-order valence-electron chi connectivity index (χ2n) is 2.71. The Bertz CT molecular complexity index is 212. The molecule has 7 heteroatoms. The van der Waals surface area contributed by atoms with Crippen LogP contribution < -0.4 is 0 Å². The van der Waals surface area contributed by atoms with E-state index >= 15 is 0 Å². The largest absolute Gasteiger partial charge is 0.394 e. The zero-order valence-electron chi connectivity index (χ0n) is 6.25. The van der Waals surface area contributed by atoms with E-state index in [1.807, 2.05) is 0 Å². The normalized spacial score (nSPS) is 37.2. The van der Waals surface area contributed by atoms with Gasteiger partial charge in [-0.25, -0.2) is 0 Å². The minimum Gasteiger partial charge on any atom is -0.394 e. The lowest BCUT2D eigenvalue weighted by atomic mass is 10.2. The van der Waals surface area contributed by atoms with Crippen LogP contribution in [0.1, 0.15) is 6.42 Å². The second kappa shape index (κ2) is 3.06. The molecular formula is C5H11O6P. The average molecular weight is 198 g/mol. The number of hydrogen-bond donors (Lipinski definition) is 4. The van der Waals surface area contributed by atoms with Gasteiger partial charge in [0.1, 0.15) is 6.10 Å². The van der Waals surface area contributed by atoms with E-state index in [9.17, 15) is 9.67 Å². The Morgan fingerprint density at radius 1 is 1.58 bits per heavy atom. The molecule has 12 heavy (non-hydrogen) atoms. The molecule has 0 radical (unpaired) electrons. The molecule has 1 aliphatic rings. The van der Waals surface area contributed by atoms with Gasteiger partial charge >= 0.3 is 7.60 Å². The maximum absolute atomic E-state index is 10.8. The van der Waals surface area contributed by atoms with Crippen LogP contribution in [0.4, 0.5) is 0 Å². The molecule has 1 rings (SSSR count). The second-order valence-corrected chi connectivity index (χ2v) is 4.58. The highest BCUT2D eigenvalue weighted by Gasteiger charge is 2.55. The van der Waals surface area contributed by atoms with Gasteiger partial charge in [-0.15, -0.1) is 0 Å². The molecule has 0 saturated carbocycles. The standard InChI is InChI=1S/C5H11O6P/c6-3-4-5(7,1-2-11-4)12(8,9)10/h4,6-7H,1-3H2,(H2,8,9,10)/t4-,5-/m1/s1. The van der Waals surface area contributed by atoms with Gasteiger partial charge in [0.05, 0.1) is 13.2 Å². The van der Waals surface area contributed by atoms with E-state index in [2.05, 4.69) is 0 Å². The predicted molar refractivity (Wildman–Crippen MR) is 38.4 cm³/mol. The fourth-order valence-corrected chi connectivity index (χ4v) is 2.09. The Hall–Kier alpha value is 0.0300. The summed E-state index contributed by atoms with van der Waals surface area (Å²) in [6.45, 7) is -0.547. The maximum atomic E-state index is 10.8. The third kappa shape index (κ3) is 1.42. The van der Waals surface area contributed by atoms with Gasteiger partial charge in [-0.05, 0) is 0 Å². The van der Waals surface area contributed by atoms with Crippen LogP contribution in [0.5, 0.6) is 0 Å². The van der Waals surface area contributed by atoms with Gasteiger partial charge in [0.15, 0.2) is 5.34 Å². The summed E-state index contributed by atoms with van der Waals surface area (Å²) in [5.41, 5.74) is 0. The molecule has 1 aliphatic heterocycles. The van der Waals surface area contributed by atoms with Gasteiger partial charge in [-0.3, -0.25) is 4.57 Å². The molecule has 0 aromatic heterocycles. The summed E-state index contributed by atoms with van der Waals surface area (Å²) >= 11 is 0. The van der Waals surface area contributed by atoms with Crippen LogP contribution in [-0.4, -0.2) is 44.7 Å². The quantitative estimate of drug-likeness (QED) is 0.408. The zero-order chi connectivity index (χ0) is 9.41. The lowest BCUT2D eigenvalue weighted by Gasteiger charge is -2.27. The van der Waals surface area contributed by atoms with Crippen molar-refractivity contribution >= 4 is 7.60 Å². The van der Waals surface area contributed by atoms with Crippen molar-refractivity contribution in [2.75, 3.05) is 13.2 Å². The van der Waals surface area contributed by atoms with Crippen molar-refractivity contribution in [1.29, 1.82) is 0 Å². The van der Waals surface area contributed by atoms with Crippen LogP contribution >= 0.6 is 7.60 Å². The average Bonchev–Trinajstić information content (AvgIpc) is 2.30. The molecule has 0 bridgehead atoms. The monoisotopic (exact) mass is 198 g/mol. The Kier molecular flexibility index (Phi) is 2.58. The van der Waals surface area contributed by atoms with Gasteiger partial charge in [0.25, 0.3) is 0 Å². The van der Waals surface area contributed by atoms with Crippen LogP contribution in [0, 0.1) is 0 Å². The molecule has 1 saturated heterocycles. The Balaban J connectivity index is 2.89. The van der Waals surface area contributed by atoms with E-state index in [0.29, 0.717) is 0 Å². The molecule has 4 N–H and O–H groups in total. The van der Waals surface area contributed by atoms with Crippen molar-refractivity contribution < 1.29 is 29.3 Å². The number of hydrogen-bond acceptors (Lipinski definition) is 4. The van der Waals surface area contributed by atoms with Crippen LogP contribution in [0.15, 0.2) is 0 Å². The molecule has 1 fully saturated rings. The highest BCUT2D eigenvalue weighted by molar-refractivity contribution is 7.53. The van der Waals surface area contributed by atoms with Gasteiger partial charge in [-0.1, -0.05) is 0 Å². The lowest BCUT2D eigenvalue weighted by Crippen LogP contribution is -2.40. The van der Waals surface area contributed by atoms with E-state index < -0.39 is 25.6 Å². The SMILES string of the molecule is O=P(O)(O)[C@]1(O)CCO[C@@H]1CO. The van der Waals surface area contributed by atoms with Crippen molar-refractivity contribution in [1.82, 2.24) is 0 Å². The van der Waals surface area contributed by atoms with Crippen LogP contribution in [0.3, 0.4) is 0 Å². The highest BCUT2D eigenvalue weighted by Crippen LogP contribution is 2.55. The van der Waals surface area contributed by atoms with Gasteiger partial charge < -0.3 is 24.7 Å². The van der Waals surface area contributed by atoms with Crippen molar-refractivity contribution in [2.45, 2.75) is 17.9 Å². The molecule has 1 heterocycles. The fraction of sp³-hybridized carbons (Fsp3) is 1.00. The van der Waals surface area contributed by atoms with Crippen molar-refractivity contribution in [3.05, 3.63) is 0 Å². The minimum atomic E-state index is -4.63. The van der Waals surface area contributed by atoms with Gasteiger partial charge in [0.2, 0.25) is 0 Å². The first kappa shape index (κ1) is 10.1. The molecule has 6 nitrogen and oxygen atoms in total. The molecular weight excluding hydrogens is 187 g/mol. The van der Waals surface area contributed by atoms with Crippen molar-refractivity contribution in [3.8, 4) is 0 Å². The molecule has 0 amide bonds. The molecule has 0 aliphatic carbocycles. The van der Waals surface area contributed by atoms with E-state index in [1.165, 1.54) is 0 Å². The minimum absolute atomic E-state index is 0.0484. The topological polar surface area (TPSA) is 107 Å². The Morgan fingerprint density at radius 2 is 2.17 bits per heavy atom. The van der Waals surface area contributed by atoms with Crippen LogP contribution in [0.2, 0.25) is 0 Å². The molecule has 0 spiro atoms. The van der Waals surface area contributed by atoms with Gasteiger partial charge in [-0.2, -0.15) is 0 Å². The summed E-state index contributed by atoms with van der Waals surface area (Å²) in [5, 5.41) is 15.9. The summed E-state index contributed by atoms with van der Waals surface area (Å²) in [6.07, 6.45) is -1.33. The Labute approximate surface area is 68.9 Å². The third-order valence-corrected chi connectivity index (χ3v) is 3.50. The number of aliphatic hydroxyl groups excluding tert-OH is 1. The van der Waals surface area contributed by atoms with E-state index in [-0.39, 0.29) is 13.0 Å². The molecule has 0 aromatic carbocycles. The van der Waals surface area contributed by atoms with E-state index in [1.54, 1.807) is 0 Å². The summed E-state index contributed by atoms with van der Waals surface area (Å²) in [4.78, 5) is 17.5. The maximum Gasteiger partial charge on any atom is 0.359 e. The predicted octanol–water partition coefficient (Wildman–Crippen LogP) is -1.37. The molecule has 0 unspecified atom stereocenters. The van der Waals surface area contributed by atoms with Gasteiger partial charge in [0, 0.05) is 6.42 Å². The molecule has 72 valence electrons. The zero-order valence-corrected chi connectivity index (χ0v) is 7.15. The highest BCUT2D eigenvalue weighted by atomic mass is 31.2. The summed E-state index contributed by atoms with van der Waals surface area (Å²) in [5.74, 6) is 0. The molecule has 0 aromatic rings. The summed E-state index contributed by atoms with van der Waals surface area (Å²) in [7, 11) is -4.63. The van der Waals surface area contributed by atoms with Crippen molar-refractivity contribution in [2.24, 2.45) is 0 Å². The van der Waals surface area contributed by atoms with E-state index in [4.69, 9.17) is 19.6 Å². The first-order chi connectivity index (χ1) is 5.42. The summed E-state index contributed by atoms with van der Waals surface area (Å²) in [6, 6.07) is 0. The number of ether oxygens (including phenoxy) is 1. The first-order valence-electron chi connectivity index (χ1n) is 3.42. The molecule has 2 atom stereocenters. The first-order valence-corrected chi connectivity index (χ1v) is 5.03. The smallest absolute Gasteiger partial charge is 0.359 e. The number of rotatable bonds is 2. The van der Waals surface area contributed by atoms with Crippen molar-refractivity contribution in [3.63, 3.8) is 0 Å². The number of aliphatic hydroxyl groups is 2. The van der Waals surface area contributed by atoms with E-state index in [0.717, 1.165) is 0 Å². The lowest BCUT2D eigenvalue weighted by molar-refractivity contribution is -0.0279. The Morgan fingerprint density at radius 3 is 2.50 bits per heavy atom.